The summed E-state index contributed by atoms with van der Waals surface area (Å²) in [6, 6.07) is -0.298. The molecule has 0 bridgehead atoms. The molecule has 2 amide bonds. The molecule has 1 unspecified atom stereocenters. The zero-order valence-electron chi connectivity index (χ0n) is 9.68. The smallest absolute Gasteiger partial charge is 0.407 e. The molecule has 1 heterocycles. The Labute approximate surface area is 94.8 Å². The van der Waals surface area contributed by atoms with Crippen molar-refractivity contribution < 1.29 is 19.4 Å². The van der Waals surface area contributed by atoms with E-state index in [1.165, 1.54) is 7.05 Å². The fourth-order valence-corrected chi connectivity index (χ4v) is 1.52. The highest BCUT2D eigenvalue weighted by Crippen LogP contribution is 2.06. The maximum atomic E-state index is 11.8. The van der Waals surface area contributed by atoms with Gasteiger partial charge in [-0.1, -0.05) is 0 Å². The van der Waals surface area contributed by atoms with Crippen molar-refractivity contribution in [2.45, 2.75) is 19.4 Å². The van der Waals surface area contributed by atoms with E-state index in [-0.39, 0.29) is 18.4 Å². The maximum absolute atomic E-state index is 11.8. The number of nitrogens with zero attached hydrogens (tertiary/aromatic N) is 2. The van der Waals surface area contributed by atoms with Gasteiger partial charge < -0.3 is 19.6 Å². The van der Waals surface area contributed by atoms with Crippen molar-refractivity contribution in [3.05, 3.63) is 0 Å². The van der Waals surface area contributed by atoms with Gasteiger partial charge in [-0.05, 0) is 6.92 Å². The lowest BCUT2D eigenvalue weighted by Gasteiger charge is -2.29. The van der Waals surface area contributed by atoms with Crippen molar-refractivity contribution in [2.75, 3.05) is 33.4 Å². The minimum Gasteiger partial charge on any atom is -0.465 e. The average molecular weight is 230 g/mol. The summed E-state index contributed by atoms with van der Waals surface area (Å²) >= 11 is 0. The fraction of sp³-hybridized carbons (Fsp3) is 0.800. The van der Waals surface area contributed by atoms with Crippen LogP contribution < -0.4 is 0 Å². The highest BCUT2D eigenvalue weighted by molar-refractivity contribution is 5.77. The number of amides is 2. The first-order valence-corrected chi connectivity index (χ1v) is 5.33. The Morgan fingerprint density at radius 2 is 2.00 bits per heavy atom. The third-order valence-electron chi connectivity index (χ3n) is 2.80. The van der Waals surface area contributed by atoms with Crippen molar-refractivity contribution in [1.82, 2.24) is 9.80 Å². The number of carbonyl (C=O) groups is 2. The van der Waals surface area contributed by atoms with Crippen molar-refractivity contribution in [2.24, 2.45) is 0 Å². The molecule has 1 aliphatic heterocycles. The molecular formula is C10H18N2O4. The van der Waals surface area contributed by atoms with Crippen molar-refractivity contribution >= 4 is 12.0 Å². The first-order chi connectivity index (χ1) is 7.52. The Bertz CT molecular complexity index is 264. The Kier molecular flexibility index (Phi) is 4.54. The van der Waals surface area contributed by atoms with E-state index in [2.05, 4.69) is 0 Å². The molecule has 1 aliphatic rings. The number of carboxylic acid groups (broad SMARTS) is 1. The van der Waals surface area contributed by atoms with Crippen LogP contribution in [0.4, 0.5) is 4.79 Å². The molecule has 0 aromatic heterocycles. The molecule has 1 atom stereocenters. The van der Waals surface area contributed by atoms with Gasteiger partial charge in [0.25, 0.3) is 0 Å². The van der Waals surface area contributed by atoms with Gasteiger partial charge in [-0.3, -0.25) is 4.79 Å². The van der Waals surface area contributed by atoms with Gasteiger partial charge in [-0.25, -0.2) is 4.79 Å². The molecule has 92 valence electrons. The van der Waals surface area contributed by atoms with Crippen LogP contribution >= 0.6 is 0 Å². The Balaban J connectivity index is 2.40. The van der Waals surface area contributed by atoms with Crippen LogP contribution in [0.25, 0.3) is 0 Å². The van der Waals surface area contributed by atoms with Crippen LogP contribution in [0.15, 0.2) is 0 Å². The standard InChI is InChI=1S/C10H18N2O4/c1-8(11(2)10(14)15)7-9(13)12-3-5-16-6-4-12/h8H,3-7H2,1-2H3,(H,14,15). The summed E-state index contributed by atoms with van der Waals surface area (Å²) in [5.41, 5.74) is 0. The summed E-state index contributed by atoms with van der Waals surface area (Å²) in [7, 11) is 1.47. The van der Waals surface area contributed by atoms with E-state index < -0.39 is 6.09 Å². The van der Waals surface area contributed by atoms with Crippen molar-refractivity contribution in [3.63, 3.8) is 0 Å². The summed E-state index contributed by atoms with van der Waals surface area (Å²) in [4.78, 5) is 25.3. The molecule has 6 heteroatoms. The van der Waals surface area contributed by atoms with Gasteiger partial charge >= 0.3 is 6.09 Å². The minimum absolute atomic E-state index is 0.0103. The first kappa shape index (κ1) is 12.8. The first-order valence-electron chi connectivity index (χ1n) is 5.33. The van der Waals surface area contributed by atoms with E-state index in [1.807, 2.05) is 0 Å². The Morgan fingerprint density at radius 3 is 2.50 bits per heavy atom. The lowest BCUT2D eigenvalue weighted by molar-refractivity contribution is -0.136. The Morgan fingerprint density at radius 1 is 1.44 bits per heavy atom. The molecule has 1 saturated heterocycles. The summed E-state index contributed by atoms with van der Waals surface area (Å²) in [6.45, 7) is 4.06. The predicted octanol–water partition coefficient (Wildman–Crippen LogP) is 0.234. The molecule has 0 aromatic rings. The average Bonchev–Trinajstić information content (AvgIpc) is 2.28. The summed E-state index contributed by atoms with van der Waals surface area (Å²) in [6.07, 6.45) is -0.787. The summed E-state index contributed by atoms with van der Waals surface area (Å²) in [5, 5.41) is 8.76. The van der Waals surface area contributed by atoms with Gasteiger partial charge in [0.15, 0.2) is 0 Å². The number of ether oxygens (including phenoxy) is 1. The topological polar surface area (TPSA) is 70.1 Å². The lowest BCUT2D eigenvalue weighted by atomic mass is 10.2. The van der Waals surface area contributed by atoms with E-state index in [4.69, 9.17) is 9.84 Å². The highest BCUT2D eigenvalue weighted by atomic mass is 16.5. The zero-order chi connectivity index (χ0) is 12.1. The van der Waals surface area contributed by atoms with E-state index in [1.54, 1.807) is 11.8 Å². The number of carbonyl (C=O) groups excluding carboxylic acids is 1. The molecule has 6 nitrogen and oxygen atoms in total. The van der Waals surface area contributed by atoms with Gasteiger partial charge in [-0.2, -0.15) is 0 Å². The second kappa shape index (κ2) is 5.69. The van der Waals surface area contributed by atoms with E-state index in [0.29, 0.717) is 26.3 Å². The molecular weight excluding hydrogens is 212 g/mol. The van der Waals surface area contributed by atoms with Gasteiger partial charge in [0.2, 0.25) is 5.91 Å². The summed E-state index contributed by atoms with van der Waals surface area (Å²) < 4.78 is 5.14. The van der Waals surface area contributed by atoms with Crippen LogP contribution in [0.2, 0.25) is 0 Å². The molecule has 1 fully saturated rings. The molecule has 1 N–H and O–H groups in total. The van der Waals surface area contributed by atoms with Gasteiger partial charge in [-0.15, -0.1) is 0 Å². The fourth-order valence-electron chi connectivity index (χ4n) is 1.52. The van der Waals surface area contributed by atoms with Gasteiger partial charge in [0.1, 0.15) is 0 Å². The number of hydrogen-bond donors (Lipinski definition) is 1. The van der Waals surface area contributed by atoms with Crippen molar-refractivity contribution in [3.8, 4) is 0 Å². The molecule has 0 aliphatic carbocycles. The number of hydrogen-bond acceptors (Lipinski definition) is 3. The lowest BCUT2D eigenvalue weighted by Crippen LogP contribution is -2.44. The monoisotopic (exact) mass is 230 g/mol. The number of morpholine rings is 1. The van der Waals surface area contributed by atoms with E-state index >= 15 is 0 Å². The van der Waals surface area contributed by atoms with Crippen LogP contribution in [0.5, 0.6) is 0 Å². The Hall–Kier alpha value is -1.30. The van der Waals surface area contributed by atoms with Crippen molar-refractivity contribution in [1.29, 1.82) is 0 Å². The zero-order valence-corrected chi connectivity index (χ0v) is 9.68. The molecule has 1 rings (SSSR count). The second-order valence-electron chi connectivity index (χ2n) is 3.94. The molecule has 0 radical (unpaired) electrons. The summed E-state index contributed by atoms with van der Waals surface area (Å²) in [5.74, 6) is -0.0103. The van der Waals surface area contributed by atoms with E-state index in [9.17, 15) is 9.59 Å². The predicted molar refractivity (Wildman–Crippen MR) is 57.3 cm³/mol. The van der Waals surface area contributed by atoms with E-state index in [0.717, 1.165) is 4.90 Å². The van der Waals surface area contributed by atoms with Gasteiger partial charge in [0, 0.05) is 32.6 Å². The maximum Gasteiger partial charge on any atom is 0.407 e. The third-order valence-corrected chi connectivity index (χ3v) is 2.80. The quantitative estimate of drug-likeness (QED) is 0.753. The molecule has 0 aromatic carbocycles. The second-order valence-corrected chi connectivity index (χ2v) is 3.94. The van der Waals surface area contributed by atoms with Crippen LogP contribution in [-0.4, -0.2) is 66.3 Å². The SMILES string of the molecule is CC(CC(=O)N1CCOCC1)N(C)C(=O)O. The molecule has 0 spiro atoms. The van der Waals surface area contributed by atoms with Crippen LogP contribution in [-0.2, 0) is 9.53 Å². The molecule has 0 saturated carbocycles. The third kappa shape index (κ3) is 3.37. The van der Waals surface area contributed by atoms with Gasteiger partial charge in [0.05, 0.1) is 13.2 Å². The van der Waals surface area contributed by atoms with Crippen LogP contribution in [0.3, 0.4) is 0 Å². The molecule has 16 heavy (non-hydrogen) atoms. The van der Waals surface area contributed by atoms with Crippen LogP contribution in [0, 0.1) is 0 Å². The minimum atomic E-state index is -1.01. The highest BCUT2D eigenvalue weighted by Gasteiger charge is 2.22. The number of rotatable bonds is 3. The normalized spacial score (nSPS) is 18.0. The van der Waals surface area contributed by atoms with Crippen LogP contribution in [0.1, 0.15) is 13.3 Å². The largest absolute Gasteiger partial charge is 0.465 e.